The van der Waals surface area contributed by atoms with Crippen LogP contribution in [0.5, 0.6) is 0 Å². The fraction of sp³-hybridized carbons (Fsp3) is 0.875. The van der Waals surface area contributed by atoms with Gasteiger partial charge >= 0.3 is 135 Å². The fourth-order valence-electron chi connectivity index (χ4n) is 2.76. The third-order valence-electron chi connectivity index (χ3n) is 4.13. The van der Waals surface area contributed by atoms with Crippen molar-refractivity contribution < 1.29 is 0 Å². The van der Waals surface area contributed by atoms with E-state index >= 15 is 0 Å². The van der Waals surface area contributed by atoms with Gasteiger partial charge in [0.2, 0.25) is 0 Å². The molecule has 4 heteroatoms. The van der Waals surface area contributed by atoms with Crippen molar-refractivity contribution in [1.82, 2.24) is 15.4 Å². The van der Waals surface area contributed by atoms with Gasteiger partial charge in [-0.25, -0.2) is 0 Å². The second-order valence-corrected chi connectivity index (χ2v) is 11.1. The van der Waals surface area contributed by atoms with Gasteiger partial charge in [0.1, 0.15) is 0 Å². The van der Waals surface area contributed by atoms with Crippen LogP contribution in [0.3, 0.4) is 0 Å². The standard InChI is InChI=1S/C13H27.C3H4N3.Sn/c1-4-7-10-13(11-8-5-2)12-9-6-3;1-3-2-4-6-5-3;/h4-12H2,1-3H3;1H3,(H,4,5,6);. The Morgan fingerprint density at radius 2 is 1.40 bits per heavy atom. The van der Waals surface area contributed by atoms with Gasteiger partial charge < -0.3 is 0 Å². The second kappa shape index (κ2) is 9.80. The van der Waals surface area contributed by atoms with Crippen LogP contribution in [-0.4, -0.2) is 36.6 Å². The number of unbranched alkanes of at least 4 members (excludes halogenated alkanes) is 3. The Bertz CT molecular complexity index is 341. The van der Waals surface area contributed by atoms with Gasteiger partial charge in [0.15, 0.2) is 0 Å². The molecule has 0 aromatic carbocycles. The minimum absolute atomic E-state index is 0.618. The van der Waals surface area contributed by atoms with Gasteiger partial charge in [-0.3, -0.25) is 0 Å². The van der Waals surface area contributed by atoms with E-state index in [0.717, 1.165) is 5.69 Å². The van der Waals surface area contributed by atoms with E-state index in [1.54, 1.807) is 0 Å². The molecule has 0 aliphatic rings. The molecule has 114 valence electrons. The summed E-state index contributed by atoms with van der Waals surface area (Å²) in [6, 6.07) is 0. The molecule has 1 aromatic heterocycles. The zero-order valence-corrected chi connectivity index (χ0v) is 16.6. The van der Waals surface area contributed by atoms with Crippen molar-refractivity contribution in [1.29, 1.82) is 0 Å². The van der Waals surface area contributed by atoms with Crippen LogP contribution in [-0.2, 0) is 0 Å². The van der Waals surface area contributed by atoms with E-state index in [1.165, 1.54) is 61.5 Å². The van der Waals surface area contributed by atoms with Gasteiger partial charge in [0, 0.05) is 0 Å². The quantitative estimate of drug-likeness (QED) is 0.582. The van der Waals surface area contributed by atoms with Crippen molar-refractivity contribution in [2.75, 3.05) is 0 Å². The SMILES string of the molecule is CCCC[C](CCCC)(CCCC)[Sn][c]1n[nH]nc1C. The van der Waals surface area contributed by atoms with Crippen LogP contribution in [0.2, 0.25) is 3.43 Å². The molecule has 1 rings (SSSR count). The third-order valence-corrected chi connectivity index (χ3v) is 9.81. The summed E-state index contributed by atoms with van der Waals surface area (Å²) in [5.41, 5.74) is 1.16. The number of hydrogen-bond acceptors (Lipinski definition) is 2. The number of rotatable bonds is 11. The van der Waals surface area contributed by atoms with Gasteiger partial charge in [-0.2, -0.15) is 0 Å². The normalized spacial score (nSPS) is 12.0. The number of nitrogens with one attached hydrogen (secondary N) is 1. The summed E-state index contributed by atoms with van der Waals surface area (Å²) in [4.78, 5) is 0. The number of hydrogen-bond donors (Lipinski definition) is 1. The minimum atomic E-state index is -0.685. The van der Waals surface area contributed by atoms with Crippen molar-refractivity contribution in [2.45, 2.75) is 88.9 Å². The molecule has 0 aliphatic heterocycles. The molecule has 3 nitrogen and oxygen atoms in total. The molecule has 0 fully saturated rings. The summed E-state index contributed by atoms with van der Waals surface area (Å²) in [7, 11) is 0. The first-order valence-electron chi connectivity index (χ1n) is 8.33. The van der Waals surface area contributed by atoms with Gasteiger partial charge in [0.25, 0.3) is 0 Å². The molecule has 20 heavy (non-hydrogen) atoms. The Balaban J connectivity index is 2.84. The van der Waals surface area contributed by atoms with E-state index in [2.05, 4.69) is 43.1 Å². The molecule has 0 saturated carbocycles. The fourth-order valence-corrected chi connectivity index (χ4v) is 7.76. The van der Waals surface area contributed by atoms with Crippen molar-refractivity contribution in [2.24, 2.45) is 0 Å². The Morgan fingerprint density at radius 1 is 0.900 bits per heavy atom. The maximum atomic E-state index is 4.46. The molecule has 2 radical (unpaired) electrons. The molecule has 0 spiro atoms. The van der Waals surface area contributed by atoms with Gasteiger partial charge in [-0.05, 0) is 0 Å². The zero-order valence-electron chi connectivity index (χ0n) is 13.8. The average Bonchev–Trinajstić information content (AvgIpc) is 2.85. The Labute approximate surface area is 134 Å². The molecule has 0 unspecified atom stereocenters. The van der Waals surface area contributed by atoms with Gasteiger partial charge in [-0.15, -0.1) is 0 Å². The molecule has 0 saturated heterocycles. The van der Waals surface area contributed by atoms with E-state index in [-0.39, 0.29) is 0 Å². The van der Waals surface area contributed by atoms with E-state index in [9.17, 15) is 0 Å². The molecule has 0 bridgehead atoms. The van der Waals surface area contributed by atoms with Crippen molar-refractivity contribution in [3.63, 3.8) is 0 Å². The first kappa shape index (κ1) is 18.0. The zero-order chi connectivity index (χ0) is 14.8. The molecule has 0 amide bonds. The third kappa shape index (κ3) is 5.74. The molecule has 0 aliphatic carbocycles. The van der Waals surface area contributed by atoms with Crippen LogP contribution in [0.1, 0.15) is 84.3 Å². The van der Waals surface area contributed by atoms with E-state index < -0.39 is 21.1 Å². The molecular formula is C16H31N3Sn. The summed E-state index contributed by atoms with van der Waals surface area (Å²) in [6.07, 6.45) is 12.3. The predicted octanol–water partition coefficient (Wildman–Crippen LogP) is 4.17. The monoisotopic (exact) mass is 385 g/mol. The molecule has 1 aromatic rings. The van der Waals surface area contributed by atoms with E-state index in [4.69, 9.17) is 0 Å². The van der Waals surface area contributed by atoms with Crippen LogP contribution in [0.15, 0.2) is 0 Å². The first-order valence-corrected chi connectivity index (χ1v) is 11.2. The van der Waals surface area contributed by atoms with E-state index in [0.29, 0.717) is 3.43 Å². The maximum absolute atomic E-state index is 4.46. The van der Waals surface area contributed by atoms with Crippen molar-refractivity contribution in [3.8, 4) is 0 Å². The van der Waals surface area contributed by atoms with Crippen LogP contribution in [0.25, 0.3) is 0 Å². The second-order valence-electron chi connectivity index (χ2n) is 5.97. The number of aromatic nitrogens is 3. The Morgan fingerprint density at radius 3 is 1.75 bits per heavy atom. The summed E-state index contributed by atoms with van der Waals surface area (Å²) in [5, 5.41) is 11.5. The van der Waals surface area contributed by atoms with Crippen molar-refractivity contribution >= 4 is 24.9 Å². The first-order chi connectivity index (χ1) is 9.67. The molecule has 1 heterocycles. The number of H-pyrrole nitrogens is 1. The summed E-state index contributed by atoms with van der Waals surface area (Å²) in [6.45, 7) is 9.06. The van der Waals surface area contributed by atoms with Gasteiger partial charge in [0.05, 0.1) is 0 Å². The topological polar surface area (TPSA) is 41.6 Å². The number of aromatic amines is 1. The van der Waals surface area contributed by atoms with E-state index in [1.807, 2.05) is 0 Å². The predicted molar refractivity (Wildman–Crippen MR) is 87.8 cm³/mol. The summed E-state index contributed by atoms with van der Waals surface area (Å²) >= 11 is -0.685. The molecule has 1 N–H and O–H groups in total. The summed E-state index contributed by atoms with van der Waals surface area (Å²) < 4.78 is 1.98. The summed E-state index contributed by atoms with van der Waals surface area (Å²) in [5.74, 6) is 0. The molecular weight excluding hydrogens is 353 g/mol. The van der Waals surface area contributed by atoms with Crippen LogP contribution < -0.4 is 3.71 Å². The van der Waals surface area contributed by atoms with Crippen LogP contribution in [0, 0.1) is 6.92 Å². The Hall–Kier alpha value is -0.0613. The Kier molecular flexibility index (Phi) is 8.81. The van der Waals surface area contributed by atoms with Gasteiger partial charge in [-0.1, -0.05) is 0 Å². The van der Waals surface area contributed by atoms with Crippen molar-refractivity contribution in [3.05, 3.63) is 5.69 Å². The average molecular weight is 384 g/mol. The number of aryl methyl sites for hydroxylation is 1. The molecule has 0 atom stereocenters. The van der Waals surface area contributed by atoms with Crippen LogP contribution >= 0.6 is 0 Å². The van der Waals surface area contributed by atoms with Crippen LogP contribution in [0.4, 0.5) is 0 Å². The number of nitrogens with zero attached hydrogens (tertiary/aromatic N) is 2.